The molecule has 0 saturated heterocycles. The minimum absolute atomic E-state index is 0. The van der Waals surface area contributed by atoms with Gasteiger partial charge in [0.1, 0.15) is 24.8 Å². The zero-order valence-corrected chi connectivity index (χ0v) is 24.5. The van der Waals surface area contributed by atoms with Crippen LogP contribution in [0.3, 0.4) is 0 Å². The largest absolute Gasteiger partial charge is 1.00 e. The van der Waals surface area contributed by atoms with Gasteiger partial charge in [-0.2, -0.15) is 0 Å². The van der Waals surface area contributed by atoms with Gasteiger partial charge in [0.15, 0.2) is 0 Å². The van der Waals surface area contributed by atoms with E-state index in [4.69, 9.17) is 0 Å². The first-order valence-electron chi connectivity index (χ1n) is 12.7. The molecule has 0 aliphatic heterocycles. The molecule has 0 atom stereocenters. The molecule has 0 radical (unpaired) electrons. The van der Waals surface area contributed by atoms with E-state index in [1.54, 1.807) is 0 Å². The molecule has 32 heavy (non-hydrogen) atoms. The highest BCUT2D eigenvalue weighted by molar-refractivity contribution is 4.66. The molecule has 0 saturated carbocycles. The van der Waals surface area contributed by atoms with Crippen molar-refractivity contribution in [3.63, 3.8) is 0 Å². The number of halogens is 2. The lowest BCUT2D eigenvalue weighted by Gasteiger charge is -2.00. The van der Waals surface area contributed by atoms with Crippen LogP contribution in [0.1, 0.15) is 104 Å². The standard InChI is InChI=1S/C14H27N2.C12H23N2.2BrH/c1-3-4-5-6-7-8-9-10-11-16-13-12-15(2)14-16;1-3-4-5-6-7-8-9-14-11-10-13(2)12-14;;/h12-14H,3-11H2,1-2H3;10-12H,3-9H2,1-2H3;2*1H/q2*+1;;/p-2. The van der Waals surface area contributed by atoms with Crippen LogP contribution in [-0.2, 0) is 27.2 Å². The fourth-order valence-electron chi connectivity index (χ4n) is 3.77. The third-order valence-electron chi connectivity index (χ3n) is 5.69. The third-order valence-corrected chi connectivity index (χ3v) is 5.69. The summed E-state index contributed by atoms with van der Waals surface area (Å²) >= 11 is 0. The maximum Gasteiger partial charge on any atom is 0.243 e. The van der Waals surface area contributed by atoms with Gasteiger partial charge in [0.2, 0.25) is 12.7 Å². The second-order valence-electron chi connectivity index (χ2n) is 8.88. The first kappa shape index (κ1) is 33.6. The van der Waals surface area contributed by atoms with Crippen LogP contribution < -0.4 is 43.1 Å². The summed E-state index contributed by atoms with van der Waals surface area (Å²) in [6.45, 7) is 6.89. The molecule has 188 valence electrons. The van der Waals surface area contributed by atoms with E-state index in [9.17, 15) is 0 Å². The number of rotatable bonds is 16. The van der Waals surface area contributed by atoms with Gasteiger partial charge in [0, 0.05) is 0 Å². The number of aromatic nitrogens is 4. The molecule has 0 spiro atoms. The number of hydrogen-bond acceptors (Lipinski definition) is 0. The van der Waals surface area contributed by atoms with E-state index in [-0.39, 0.29) is 34.0 Å². The van der Waals surface area contributed by atoms with Gasteiger partial charge in [0.05, 0.1) is 27.2 Å². The third kappa shape index (κ3) is 18.9. The molecule has 2 aromatic heterocycles. The van der Waals surface area contributed by atoms with Gasteiger partial charge in [-0.25, -0.2) is 18.3 Å². The highest BCUT2D eigenvalue weighted by Gasteiger charge is 2.00. The number of aryl methyl sites for hydroxylation is 4. The second-order valence-corrected chi connectivity index (χ2v) is 8.88. The minimum Gasteiger partial charge on any atom is -1.00 e. The molecule has 0 fully saturated rings. The normalized spacial score (nSPS) is 10.1. The highest BCUT2D eigenvalue weighted by Crippen LogP contribution is 2.09. The number of unbranched alkanes of at least 4 members (excludes halogenated alkanes) is 12. The Morgan fingerprint density at radius 2 is 0.812 bits per heavy atom. The summed E-state index contributed by atoms with van der Waals surface area (Å²) in [5.74, 6) is 0. The Bertz CT molecular complexity index is 625. The van der Waals surface area contributed by atoms with Crippen molar-refractivity contribution in [2.45, 2.75) is 117 Å². The smallest absolute Gasteiger partial charge is 0.243 e. The number of nitrogens with zero attached hydrogens (tertiary/aromatic N) is 4. The molecule has 4 nitrogen and oxygen atoms in total. The molecular formula is C26H50Br2N4. The SMILES string of the molecule is CCCCCCCCCCn1cc[n+](C)c1.CCCCCCCCn1cc[n+](C)c1.[Br-].[Br-]. The monoisotopic (exact) mass is 576 g/mol. The summed E-state index contributed by atoms with van der Waals surface area (Å²) in [6, 6.07) is 0. The van der Waals surface area contributed by atoms with E-state index in [0.29, 0.717) is 0 Å². The highest BCUT2D eigenvalue weighted by atomic mass is 79.9. The molecule has 2 aromatic rings. The second kappa shape index (κ2) is 23.5. The molecule has 0 amide bonds. The summed E-state index contributed by atoms with van der Waals surface area (Å²) in [4.78, 5) is 0. The summed E-state index contributed by atoms with van der Waals surface area (Å²) in [7, 11) is 4.14. The quantitative estimate of drug-likeness (QED) is 0.199. The summed E-state index contributed by atoms with van der Waals surface area (Å²) in [5.41, 5.74) is 0. The Hall–Kier alpha value is -0.620. The Morgan fingerprint density at radius 3 is 1.09 bits per heavy atom. The predicted octanol–water partition coefficient (Wildman–Crippen LogP) is 0.134. The van der Waals surface area contributed by atoms with Crippen LogP contribution in [0.5, 0.6) is 0 Å². The molecule has 0 bridgehead atoms. The van der Waals surface area contributed by atoms with E-state index in [1.165, 1.54) is 103 Å². The van der Waals surface area contributed by atoms with Crippen molar-refractivity contribution in [1.82, 2.24) is 9.13 Å². The number of imidazole rings is 2. The Labute approximate surface area is 220 Å². The topological polar surface area (TPSA) is 17.6 Å². The molecular weight excluding hydrogens is 528 g/mol. The average molecular weight is 579 g/mol. The van der Waals surface area contributed by atoms with E-state index in [2.05, 4.69) is 83.7 Å². The zero-order chi connectivity index (χ0) is 21.9. The molecule has 2 rings (SSSR count). The molecule has 0 aliphatic rings. The van der Waals surface area contributed by atoms with Crippen molar-refractivity contribution < 1.29 is 43.1 Å². The van der Waals surface area contributed by atoms with Crippen LogP contribution in [0.25, 0.3) is 0 Å². The molecule has 0 aromatic carbocycles. The van der Waals surface area contributed by atoms with Gasteiger partial charge >= 0.3 is 0 Å². The maximum atomic E-state index is 2.27. The molecule has 2 heterocycles. The first-order chi connectivity index (χ1) is 14.7. The van der Waals surface area contributed by atoms with Crippen molar-refractivity contribution in [3.8, 4) is 0 Å². The van der Waals surface area contributed by atoms with Gasteiger partial charge in [-0.3, -0.25) is 0 Å². The van der Waals surface area contributed by atoms with E-state index >= 15 is 0 Å². The molecule has 0 aliphatic carbocycles. The summed E-state index contributed by atoms with van der Waals surface area (Å²) in [6.07, 6.45) is 32.2. The van der Waals surface area contributed by atoms with Gasteiger partial charge in [-0.1, -0.05) is 78.1 Å². The Balaban J connectivity index is 0. The molecule has 0 N–H and O–H groups in total. The van der Waals surface area contributed by atoms with Crippen molar-refractivity contribution in [1.29, 1.82) is 0 Å². The lowest BCUT2D eigenvalue weighted by atomic mass is 10.1. The maximum absolute atomic E-state index is 2.27. The predicted molar refractivity (Wildman–Crippen MR) is 127 cm³/mol. The van der Waals surface area contributed by atoms with Gasteiger partial charge in [0.25, 0.3) is 0 Å². The lowest BCUT2D eigenvalue weighted by Crippen LogP contribution is -3.00. The Kier molecular flexibility index (Phi) is 24.7. The summed E-state index contributed by atoms with van der Waals surface area (Å²) in [5, 5.41) is 0. The number of hydrogen-bond donors (Lipinski definition) is 0. The molecule has 0 unspecified atom stereocenters. The minimum atomic E-state index is 0. The van der Waals surface area contributed by atoms with Crippen molar-refractivity contribution in [3.05, 3.63) is 37.4 Å². The first-order valence-corrected chi connectivity index (χ1v) is 12.7. The summed E-state index contributed by atoms with van der Waals surface area (Å²) < 4.78 is 8.73. The lowest BCUT2D eigenvalue weighted by molar-refractivity contribution is -0.671. The van der Waals surface area contributed by atoms with E-state index < -0.39 is 0 Å². The van der Waals surface area contributed by atoms with Gasteiger partial charge in [-0.15, -0.1) is 0 Å². The van der Waals surface area contributed by atoms with E-state index in [1.807, 2.05) is 0 Å². The fraction of sp³-hybridized carbons (Fsp3) is 0.769. The van der Waals surface area contributed by atoms with Crippen LogP contribution in [0.4, 0.5) is 0 Å². The van der Waals surface area contributed by atoms with Crippen LogP contribution >= 0.6 is 0 Å². The van der Waals surface area contributed by atoms with E-state index in [0.717, 1.165) is 0 Å². The zero-order valence-electron chi connectivity index (χ0n) is 21.3. The average Bonchev–Trinajstić information content (AvgIpc) is 3.35. The van der Waals surface area contributed by atoms with Crippen LogP contribution in [0.2, 0.25) is 0 Å². The Morgan fingerprint density at radius 1 is 0.500 bits per heavy atom. The molecule has 6 heteroatoms. The van der Waals surface area contributed by atoms with Gasteiger partial charge < -0.3 is 34.0 Å². The van der Waals surface area contributed by atoms with Crippen molar-refractivity contribution in [2.24, 2.45) is 14.1 Å². The van der Waals surface area contributed by atoms with Crippen LogP contribution in [0.15, 0.2) is 37.4 Å². The van der Waals surface area contributed by atoms with Gasteiger partial charge in [-0.05, 0) is 25.7 Å². The van der Waals surface area contributed by atoms with Crippen molar-refractivity contribution in [2.75, 3.05) is 0 Å². The van der Waals surface area contributed by atoms with Crippen molar-refractivity contribution >= 4 is 0 Å². The fourth-order valence-corrected chi connectivity index (χ4v) is 3.77. The van der Waals surface area contributed by atoms with Crippen LogP contribution in [0, 0.1) is 0 Å². The van der Waals surface area contributed by atoms with Crippen LogP contribution in [-0.4, -0.2) is 9.13 Å².